The van der Waals surface area contributed by atoms with E-state index in [1.54, 1.807) is 0 Å². The number of ether oxygens (including phenoxy) is 1. The molecule has 35 heavy (non-hydrogen) atoms. The molecule has 4 N–H and O–H groups in total. The molecule has 0 radical (unpaired) electrons. The molecule has 2 bridgehead atoms. The Morgan fingerprint density at radius 2 is 2.11 bits per heavy atom. The number of aryl methyl sites for hydroxylation is 1. The maximum absolute atomic E-state index is 14.4. The summed E-state index contributed by atoms with van der Waals surface area (Å²) < 4.78 is 23.8. The second kappa shape index (κ2) is 8.57. The molecule has 0 aromatic carbocycles. The zero-order valence-corrected chi connectivity index (χ0v) is 19.9. The maximum Gasteiger partial charge on any atom is 0.256 e. The Balaban J connectivity index is 1.79. The molecule has 10 nitrogen and oxygen atoms in total. The lowest BCUT2D eigenvalue weighted by Gasteiger charge is -2.27. The minimum atomic E-state index is -0.477. The summed E-state index contributed by atoms with van der Waals surface area (Å²) in [6, 6.07) is 2.91. The number of carbonyl (C=O) groups is 1. The highest BCUT2D eigenvalue weighted by Gasteiger charge is 2.28. The van der Waals surface area contributed by atoms with Crippen molar-refractivity contribution in [3.63, 3.8) is 0 Å². The summed E-state index contributed by atoms with van der Waals surface area (Å²) in [7, 11) is 1.91. The highest BCUT2D eigenvalue weighted by Crippen LogP contribution is 2.39. The number of nitrogens with zero attached hydrogens (tertiary/aromatic N) is 5. The molecule has 5 rings (SSSR count). The fourth-order valence-electron chi connectivity index (χ4n) is 4.29. The zero-order valence-electron chi connectivity index (χ0n) is 19.9. The van der Waals surface area contributed by atoms with Crippen molar-refractivity contribution in [2.45, 2.75) is 32.9 Å². The maximum atomic E-state index is 14.4. The SMILES string of the molecule is CC1CNC(=O)c2cnn3c(N)c(-c4ccn(C)c4)c(nc23)NC(C(C)C)c2cc(F)cnc2O1. The molecule has 1 aliphatic heterocycles. The first-order valence-corrected chi connectivity index (χ1v) is 11.4. The average Bonchev–Trinajstić information content (AvgIpc) is 3.43. The number of pyridine rings is 1. The lowest BCUT2D eigenvalue weighted by molar-refractivity contribution is 0.0932. The van der Waals surface area contributed by atoms with Crippen molar-refractivity contribution in [3.05, 3.63) is 53.9 Å². The number of nitrogens with one attached hydrogen (secondary N) is 2. The Hall–Kier alpha value is -4.15. The molecule has 2 unspecified atom stereocenters. The van der Waals surface area contributed by atoms with Crippen LogP contribution in [0.25, 0.3) is 16.8 Å². The van der Waals surface area contributed by atoms with Gasteiger partial charge in [-0.1, -0.05) is 13.8 Å². The number of aromatic nitrogens is 5. The molecule has 11 heteroatoms. The summed E-state index contributed by atoms with van der Waals surface area (Å²) in [6.07, 6.45) is 5.96. The molecule has 1 amide bonds. The van der Waals surface area contributed by atoms with Crippen molar-refractivity contribution < 1.29 is 13.9 Å². The van der Waals surface area contributed by atoms with E-state index >= 15 is 0 Å². The van der Waals surface area contributed by atoms with Gasteiger partial charge in [-0.15, -0.1) is 0 Å². The summed E-state index contributed by atoms with van der Waals surface area (Å²) in [5, 5.41) is 10.6. The second-order valence-corrected chi connectivity index (χ2v) is 9.13. The largest absolute Gasteiger partial charge is 0.473 e. The third kappa shape index (κ3) is 4.02. The van der Waals surface area contributed by atoms with Crippen LogP contribution in [0.4, 0.5) is 16.0 Å². The van der Waals surface area contributed by atoms with E-state index in [-0.39, 0.29) is 29.8 Å². The van der Waals surface area contributed by atoms with Gasteiger partial charge in [-0.25, -0.2) is 14.4 Å². The number of amides is 1. The predicted molar refractivity (Wildman–Crippen MR) is 130 cm³/mol. The Kier molecular flexibility index (Phi) is 5.54. The molecular formula is C24H27FN8O2. The lowest BCUT2D eigenvalue weighted by Crippen LogP contribution is -2.34. The van der Waals surface area contributed by atoms with Crippen molar-refractivity contribution in [2.24, 2.45) is 13.0 Å². The minimum Gasteiger partial charge on any atom is -0.473 e. The second-order valence-electron chi connectivity index (χ2n) is 9.13. The van der Waals surface area contributed by atoms with Gasteiger partial charge in [0.1, 0.15) is 29.1 Å². The smallest absolute Gasteiger partial charge is 0.256 e. The van der Waals surface area contributed by atoms with Crippen LogP contribution < -0.4 is 21.1 Å². The van der Waals surface area contributed by atoms with Crippen molar-refractivity contribution in [3.8, 4) is 17.0 Å². The first kappa shape index (κ1) is 22.6. The number of nitrogens with two attached hydrogens (primary N) is 1. The summed E-state index contributed by atoms with van der Waals surface area (Å²) in [5.74, 6) is 0.215. The van der Waals surface area contributed by atoms with Crippen molar-refractivity contribution in [1.82, 2.24) is 29.5 Å². The number of carbonyl (C=O) groups excluding carboxylic acids is 1. The Labute approximate surface area is 201 Å². The summed E-state index contributed by atoms with van der Waals surface area (Å²) in [5.41, 5.74) is 9.19. The predicted octanol–water partition coefficient (Wildman–Crippen LogP) is 3.17. The van der Waals surface area contributed by atoms with Crippen molar-refractivity contribution >= 4 is 23.2 Å². The van der Waals surface area contributed by atoms with Gasteiger partial charge < -0.3 is 25.7 Å². The third-order valence-corrected chi connectivity index (χ3v) is 6.05. The topological polar surface area (TPSA) is 124 Å². The fourth-order valence-corrected chi connectivity index (χ4v) is 4.29. The number of rotatable bonds is 2. The normalized spacial score (nSPS) is 18.3. The molecule has 0 fully saturated rings. The molecule has 182 valence electrons. The molecular weight excluding hydrogens is 451 g/mol. The van der Waals surface area contributed by atoms with Crippen LogP contribution in [0, 0.1) is 11.7 Å². The number of hydrogen-bond acceptors (Lipinski definition) is 7. The van der Waals surface area contributed by atoms with Gasteiger partial charge in [-0.2, -0.15) is 9.61 Å². The van der Waals surface area contributed by atoms with Gasteiger partial charge in [0.25, 0.3) is 5.91 Å². The average molecular weight is 479 g/mol. The standard InChI is InChI=1S/C24H27FN8O2/c1-12(2)19-16-7-15(25)9-28-24(16)35-13(3)8-27-23(34)17-10-29-33-20(26)18(14-5-6-32(4)11-14)21(30-19)31-22(17)33/h5-7,9-13,19H,8,26H2,1-4H3,(H,27,34)(H,30,31). The van der Waals surface area contributed by atoms with Gasteiger partial charge in [0.15, 0.2) is 5.65 Å². The van der Waals surface area contributed by atoms with Gasteiger partial charge in [0.05, 0.1) is 30.5 Å². The molecule has 1 aliphatic rings. The number of anilines is 2. The minimum absolute atomic E-state index is 0.00611. The van der Waals surface area contributed by atoms with Gasteiger partial charge in [-0.3, -0.25) is 4.79 Å². The molecule has 4 aromatic heterocycles. The van der Waals surface area contributed by atoms with Crippen LogP contribution in [0.15, 0.2) is 36.9 Å². The van der Waals surface area contributed by atoms with Gasteiger partial charge in [0, 0.05) is 30.6 Å². The summed E-state index contributed by atoms with van der Waals surface area (Å²) in [6.45, 7) is 6.03. The number of hydrogen-bond donors (Lipinski definition) is 3. The molecule has 5 heterocycles. The van der Waals surface area contributed by atoms with Gasteiger partial charge in [-0.05, 0) is 25.0 Å². The van der Waals surface area contributed by atoms with Crippen LogP contribution >= 0.6 is 0 Å². The Morgan fingerprint density at radius 1 is 1.31 bits per heavy atom. The van der Waals surface area contributed by atoms with E-state index in [1.807, 2.05) is 50.8 Å². The molecule has 0 saturated carbocycles. The molecule has 0 spiro atoms. The monoisotopic (exact) mass is 478 g/mol. The van der Waals surface area contributed by atoms with E-state index in [0.717, 1.165) is 11.8 Å². The van der Waals surface area contributed by atoms with Crippen LogP contribution in [-0.2, 0) is 7.05 Å². The van der Waals surface area contributed by atoms with Crippen LogP contribution in [0.1, 0.15) is 42.7 Å². The summed E-state index contributed by atoms with van der Waals surface area (Å²) in [4.78, 5) is 22.0. The van der Waals surface area contributed by atoms with Crippen molar-refractivity contribution in [2.75, 3.05) is 17.6 Å². The molecule has 4 aromatic rings. The van der Waals surface area contributed by atoms with E-state index in [4.69, 9.17) is 15.5 Å². The highest BCUT2D eigenvalue weighted by molar-refractivity contribution is 6.01. The van der Waals surface area contributed by atoms with Crippen LogP contribution in [0.3, 0.4) is 0 Å². The van der Waals surface area contributed by atoms with Crippen molar-refractivity contribution in [1.29, 1.82) is 0 Å². The van der Waals surface area contributed by atoms with E-state index in [2.05, 4.69) is 20.7 Å². The summed E-state index contributed by atoms with van der Waals surface area (Å²) >= 11 is 0. The van der Waals surface area contributed by atoms with Gasteiger partial charge in [0.2, 0.25) is 5.88 Å². The van der Waals surface area contributed by atoms with E-state index in [1.165, 1.54) is 16.8 Å². The van der Waals surface area contributed by atoms with E-state index < -0.39 is 18.0 Å². The first-order valence-electron chi connectivity index (χ1n) is 11.4. The first-order chi connectivity index (χ1) is 16.7. The Bertz CT molecular complexity index is 1430. The third-order valence-electron chi connectivity index (χ3n) is 6.05. The number of halogens is 1. The Morgan fingerprint density at radius 3 is 2.83 bits per heavy atom. The zero-order chi connectivity index (χ0) is 24.9. The highest BCUT2D eigenvalue weighted by atomic mass is 19.1. The van der Waals surface area contributed by atoms with E-state index in [0.29, 0.717) is 28.4 Å². The van der Waals surface area contributed by atoms with Gasteiger partial charge >= 0.3 is 0 Å². The quantitative estimate of drug-likeness (QED) is 0.404. The molecule has 2 atom stereocenters. The lowest BCUT2D eigenvalue weighted by atomic mass is 9.96. The van der Waals surface area contributed by atoms with Crippen LogP contribution in [0.5, 0.6) is 5.88 Å². The number of fused-ring (bicyclic) bond motifs is 2. The molecule has 0 aliphatic carbocycles. The van der Waals surface area contributed by atoms with E-state index in [9.17, 15) is 9.18 Å². The van der Waals surface area contributed by atoms with Crippen LogP contribution in [-0.4, -0.2) is 42.7 Å². The molecule has 0 saturated heterocycles. The number of nitrogen functional groups attached to an aromatic ring is 1. The van der Waals surface area contributed by atoms with Crippen LogP contribution in [0.2, 0.25) is 0 Å². The fraction of sp³-hybridized carbons (Fsp3) is 0.333.